The van der Waals surface area contributed by atoms with Gasteiger partial charge in [-0.15, -0.1) is 0 Å². The zero-order valence-electron chi connectivity index (χ0n) is 9.34. The van der Waals surface area contributed by atoms with Crippen LogP contribution in [0.5, 0.6) is 0 Å². The van der Waals surface area contributed by atoms with Gasteiger partial charge in [0, 0.05) is 10.2 Å². The quantitative estimate of drug-likeness (QED) is 0.904. The highest BCUT2D eigenvalue weighted by atomic mass is 79.9. The molecule has 0 bridgehead atoms. The highest BCUT2D eigenvalue weighted by Crippen LogP contribution is 2.23. The maximum Gasteiger partial charge on any atom is 0.103 e. The number of aryl methyl sites for hydroxylation is 1. The fourth-order valence-electron chi connectivity index (χ4n) is 1.55. The van der Waals surface area contributed by atoms with E-state index < -0.39 is 0 Å². The molecule has 0 aliphatic heterocycles. The summed E-state index contributed by atoms with van der Waals surface area (Å²) in [7, 11) is 0. The molecular weight excluding hydrogens is 266 g/mol. The summed E-state index contributed by atoms with van der Waals surface area (Å²) in [5, 5.41) is 3.38. The fraction of sp³-hybridized carbons (Fsp3) is 0.250. The molecule has 0 radical (unpaired) electrons. The van der Waals surface area contributed by atoms with Gasteiger partial charge in [-0.05, 0) is 31.5 Å². The van der Waals surface area contributed by atoms with Crippen LogP contribution in [0.3, 0.4) is 0 Å². The molecule has 84 valence electrons. The van der Waals surface area contributed by atoms with E-state index in [1.807, 2.05) is 25.3 Å². The Balaban J connectivity index is 2.07. The highest BCUT2D eigenvalue weighted by molar-refractivity contribution is 9.10. The fourth-order valence-corrected chi connectivity index (χ4v) is 1.92. The number of nitrogens with zero attached hydrogens (tertiary/aromatic N) is 1. The van der Waals surface area contributed by atoms with Crippen molar-refractivity contribution in [2.75, 3.05) is 5.32 Å². The second-order valence-electron chi connectivity index (χ2n) is 3.76. The van der Waals surface area contributed by atoms with Crippen LogP contribution in [0.25, 0.3) is 0 Å². The molecule has 0 atom stereocenters. The predicted octanol–water partition coefficient (Wildman–Crippen LogP) is 3.40. The first-order valence-corrected chi connectivity index (χ1v) is 5.95. The Kier molecular flexibility index (Phi) is 3.29. The number of aromatic nitrogens is 2. The van der Waals surface area contributed by atoms with E-state index in [0.717, 1.165) is 28.2 Å². The third-order valence-corrected chi connectivity index (χ3v) is 3.35. The van der Waals surface area contributed by atoms with Gasteiger partial charge in [-0.1, -0.05) is 22.0 Å². The molecule has 1 heterocycles. The number of nitrogens with one attached hydrogen (secondary N) is 2. The number of anilines is 1. The summed E-state index contributed by atoms with van der Waals surface area (Å²) in [5.74, 6) is 0.947. The lowest BCUT2D eigenvalue weighted by Crippen LogP contribution is -2.01. The summed E-state index contributed by atoms with van der Waals surface area (Å²) in [6.07, 6.45) is 1.86. The minimum absolute atomic E-state index is 0.762. The molecule has 3 nitrogen and oxygen atoms in total. The maximum absolute atomic E-state index is 4.16. The second-order valence-corrected chi connectivity index (χ2v) is 4.61. The standard InChI is InChI=1S/C12H14BrN3/c1-8-11(13)4-3-5-12(8)15-7-10-6-14-9(2)16-10/h3-6,15H,7H2,1-2H3,(H,14,16). The lowest BCUT2D eigenvalue weighted by atomic mass is 10.2. The van der Waals surface area contributed by atoms with Crippen molar-refractivity contribution in [3.8, 4) is 0 Å². The van der Waals surface area contributed by atoms with E-state index in [-0.39, 0.29) is 0 Å². The van der Waals surface area contributed by atoms with Gasteiger partial charge in [0.1, 0.15) is 5.82 Å². The van der Waals surface area contributed by atoms with Crippen molar-refractivity contribution >= 4 is 21.6 Å². The van der Waals surface area contributed by atoms with Gasteiger partial charge in [0.05, 0.1) is 18.4 Å². The number of benzene rings is 1. The number of imidazole rings is 1. The van der Waals surface area contributed by atoms with E-state index in [1.165, 1.54) is 5.56 Å². The SMILES string of the molecule is Cc1ncc(CNc2cccc(Br)c2C)[nH]1. The van der Waals surface area contributed by atoms with Crippen LogP contribution in [-0.2, 0) is 6.54 Å². The van der Waals surface area contributed by atoms with Gasteiger partial charge in [0.2, 0.25) is 0 Å². The van der Waals surface area contributed by atoms with Gasteiger partial charge in [0.25, 0.3) is 0 Å². The summed E-state index contributed by atoms with van der Waals surface area (Å²) in [6, 6.07) is 6.14. The van der Waals surface area contributed by atoms with Crippen LogP contribution >= 0.6 is 15.9 Å². The molecule has 2 N–H and O–H groups in total. The van der Waals surface area contributed by atoms with E-state index in [4.69, 9.17) is 0 Å². The zero-order chi connectivity index (χ0) is 11.5. The molecule has 2 aromatic rings. The average Bonchev–Trinajstić information content (AvgIpc) is 2.67. The van der Waals surface area contributed by atoms with Gasteiger partial charge in [-0.25, -0.2) is 4.98 Å². The molecule has 1 aromatic carbocycles. The number of hydrogen-bond acceptors (Lipinski definition) is 2. The van der Waals surface area contributed by atoms with Crippen molar-refractivity contribution in [1.29, 1.82) is 0 Å². The number of H-pyrrole nitrogens is 1. The van der Waals surface area contributed by atoms with Gasteiger partial charge in [-0.2, -0.15) is 0 Å². The first-order chi connectivity index (χ1) is 7.66. The topological polar surface area (TPSA) is 40.7 Å². The number of aromatic amines is 1. The van der Waals surface area contributed by atoms with Crippen LogP contribution in [0.15, 0.2) is 28.9 Å². The Morgan fingerprint density at radius 2 is 2.19 bits per heavy atom. The molecule has 0 aliphatic carbocycles. The lowest BCUT2D eigenvalue weighted by molar-refractivity contribution is 1.04. The van der Waals surface area contributed by atoms with Gasteiger partial charge >= 0.3 is 0 Å². The molecule has 2 rings (SSSR count). The van der Waals surface area contributed by atoms with Gasteiger partial charge < -0.3 is 10.3 Å². The smallest absolute Gasteiger partial charge is 0.103 e. The molecule has 0 saturated heterocycles. The summed E-state index contributed by atoms with van der Waals surface area (Å²) in [5.41, 5.74) is 3.46. The molecule has 0 saturated carbocycles. The van der Waals surface area contributed by atoms with Crippen molar-refractivity contribution in [3.05, 3.63) is 46.0 Å². The summed E-state index contributed by atoms with van der Waals surface area (Å²) in [4.78, 5) is 7.36. The largest absolute Gasteiger partial charge is 0.379 e. The minimum Gasteiger partial charge on any atom is -0.379 e. The number of hydrogen-bond donors (Lipinski definition) is 2. The first kappa shape index (κ1) is 11.2. The molecule has 0 amide bonds. The molecule has 4 heteroatoms. The second kappa shape index (κ2) is 4.70. The predicted molar refractivity (Wildman–Crippen MR) is 69.5 cm³/mol. The van der Waals surface area contributed by atoms with Crippen LogP contribution in [-0.4, -0.2) is 9.97 Å². The number of rotatable bonds is 3. The Labute approximate surface area is 103 Å². The third kappa shape index (κ3) is 2.44. The summed E-state index contributed by atoms with van der Waals surface area (Å²) >= 11 is 3.52. The van der Waals surface area contributed by atoms with E-state index in [0.29, 0.717) is 0 Å². The van der Waals surface area contributed by atoms with Crippen LogP contribution in [0.4, 0.5) is 5.69 Å². The Morgan fingerprint density at radius 3 is 2.88 bits per heavy atom. The Bertz CT molecular complexity index is 491. The van der Waals surface area contributed by atoms with Crippen LogP contribution < -0.4 is 5.32 Å². The molecule has 1 aromatic heterocycles. The zero-order valence-corrected chi connectivity index (χ0v) is 10.9. The Hall–Kier alpha value is -1.29. The minimum atomic E-state index is 0.762. The van der Waals surface area contributed by atoms with Gasteiger partial charge in [0.15, 0.2) is 0 Å². The van der Waals surface area contributed by atoms with Crippen molar-refractivity contribution in [1.82, 2.24) is 9.97 Å². The van der Waals surface area contributed by atoms with Crippen LogP contribution in [0.1, 0.15) is 17.1 Å². The highest BCUT2D eigenvalue weighted by Gasteiger charge is 2.02. The lowest BCUT2D eigenvalue weighted by Gasteiger charge is -2.09. The molecule has 0 aliphatic rings. The van der Waals surface area contributed by atoms with Crippen molar-refractivity contribution in [2.24, 2.45) is 0 Å². The molecule has 0 fully saturated rings. The van der Waals surface area contributed by atoms with Crippen LogP contribution in [0.2, 0.25) is 0 Å². The Morgan fingerprint density at radius 1 is 1.38 bits per heavy atom. The summed E-state index contributed by atoms with van der Waals surface area (Å²) < 4.78 is 1.12. The van der Waals surface area contributed by atoms with Gasteiger partial charge in [-0.3, -0.25) is 0 Å². The monoisotopic (exact) mass is 279 g/mol. The molecule has 16 heavy (non-hydrogen) atoms. The van der Waals surface area contributed by atoms with E-state index in [9.17, 15) is 0 Å². The van der Waals surface area contributed by atoms with E-state index in [2.05, 4.69) is 44.2 Å². The third-order valence-electron chi connectivity index (χ3n) is 2.49. The van der Waals surface area contributed by atoms with Crippen molar-refractivity contribution in [3.63, 3.8) is 0 Å². The summed E-state index contributed by atoms with van der Waals surface area (Å²) in [6.45, 7) is 4.80. The normalized spacial score (nSPS) is 10.4. The maximum atomic E-state index is 4.16. The van der Waals surface area contributed by atoms with Crippen molar-refractivity contribution < 1.29 is 0 Å². The average molecular weight is 280 g/mol. The molecule has 0 unspecified atom stereocenters. The number of halogens is 1. The first-order valence-electron chi connectivity index (χ1n) is 5.16. The van der Waals surface area contributed by atoms with E-state index >= 15 is 0 Å². The van der Waals surface area contributed by atoms with Crippen molar-refractivity contribution in [2.45, 2.75) is 20.4 Å². The molecule has 0 spiro atoms. The van der Waals surface area contributed by atoms with Crippen LogP contribution in [0, 0.1) is 13.8 Å². The molecular formula is C12H14BrN3. The van der Waals surface area contributed by atoms with E-state index in [1.54, 1.807) is 0 Å².